The molecule has 0 aliphatic carbocycles. The molecule has 0 spiro atoms. The van der Waals surface area contributed by atoms with Crippen molar-refractivity contribution in [3.05, 3.63) is 24.3 Å². The maximum Gasteiger partial charge on any atom is 0.324 e. The molecule has 2 amide bonds. The van der Waals surface area contributed by atoms with Crippen LogP contribution >= 0.6 is 0 Å². The third kappa shape index (κ3) is 10.4. The van der Waals surface area contributed by atoms with Crippen molar-refractivity contribution in [1.29, 1.82) is 0 Å². The van der Waals surface area contributed by atoms with Gasteiger partial charge in [0.2, 0.25) is 15.9 Å². The van der Waals surface area contributed by atoms with Gasteiger partial charge in [-0.15, -0.1) is 0 Å². The van der Waals surface area contributed by atoms with Crippen LogP contribution in [0.25, 0.3) is 0 Å². The van der Waals surface area contributed by atoms with Crippen LogP contribution in [-0.4, -0.2) is 44.9 Å². The lowest BCUT2D eigenvalue weighted by Gasteiger charge is -2.16. The van der Waals surface area contributed by atoms with Crippen molar-refractivity contribution >= 4 is 33.5 Å². The molecule has 174 valence electrons. The second-order valence-electron chi connectivity index (χ2n) is 7.95. The number of amides is 2. The van der Waals surface area contributed by atoms with Gasteiger partial charge in [0.15, 0.2) is 6.61 Å². The summed E-state index contributed by atoms with van der Waals surface area (Å²) in [4.78, 5) is 35.0. The molecule has 9 nitrogen and oxygen atoms in total. The lowest BCUT2D eigenvalue weighted by molar-refractivity contribution is -0.149. The van der Waals surface area contributed by atoms with Gasteiger partial charge in [-0.25, -0.2) is 8.42 Å². The number of nitrogens with one attached hydrogen (secondary N) is 3. The Morgan fingerprint density at radius 1 is 1.00 bits per heavy atom. The molecule has 0 aliphatic rings. The fraction of sp³-hybridized carbons (Fsp3) is 0.571. The predicted octanol–water partition coefficient (Wildman–Crippen LogP) is 2.19. The molecule has 3 N–H and O–H groups in total. The minimum absolute atomic E-state index is 0.0404. The van der Waals surface area contributed by atoms with Gasteiger partial charge < -0.3 is 15.4 Å². The molecular weight excluding hydrogens is 422 g/mol. The van der Waals surface area contributed by atoms with Crippen LogP contribution in [0.5, 0.6) is 0 Å². The topological polar surface area (TPSA) is 131 Å². The van der Waals surface area contributed by atoms with E-state index in [4.69, 9.17) is 4.74 Å². The summed E-state index contributed by atoms with van der Waals surface area (Å²) in [6, 6.07) is 4.26. The zero-order chi connectivity index (χ0) is 23.6. The van der Waals surface area contributed by atoms with E-state index in [1.165, 1.54) is 38.1 Å². The first-order chi connectivity index (χ1) is 14.4. The molecule has 1 aromatic carbocycles. The Kier molecular flexibility index (Phi) is 10.6. The number of sulfonamides is 1. The van der Waals surface area contributed by atoms with Crippen LogP contribution < -0.4 is 15.4 Å². The van der Waals surface area contributed by atoms with E-state index in [1.54, 1.807) is 0 Å². The largest absolute Gasteiger partial charge is 0.454 e. The number of hydrogen-bond acceptors (Lipinski definition) is 6. The predicted molar refractivity (Wildman–Crippen MR) is 118 cm³/mol. The Bertz CT molecular complexity index is 852. The first kappa shape index (κ1) is 26.6. The molecule has 0 bridgehead atoms. The van der Waals surface area contributed by atoms with E-state index in [0.717, 1.165) is 19.3 Å². The molecule has 10 heteroatoms. The number of benzene rings is 1. The van der Waals surface area contributed by atoms with Crippen molar-refractivity contribution in [2.75, 3.05) is 11.9 Å². The number of esters is 1. The maximum atomic E-state index is 12.4. The summed E-state index contributed by atoms with van der Waals surface area (Å²) >= 11 is 0. The smallest absolute Gasteiger partial charge is 0.324 e. The average Bonchev–Trinajstić information content (AvgIpc) is 2.65. The van der Waals surface area contributed by atoms with E-state index in [-0.39, 0.29) is 16.8 Å². The van der Waals surface area contributed by atoms with E-state index >= 15 is 0 Å². The molecule has 31 heavy (non-hydrogen) atoms. The quantitative estimate of drug-likeness (QED) is 0.414. The molecular formula is C21H33N3O6S. The maximum absolute atomic E-state index is 12.4. The molecule has 0 saturated heterocycles. The Morgan fingerprint density at radius 2 is 1.61 bits per heavy atom. The van der Waals surface area contributed by atoms with Crippen LogP contribution in [0.3, 0.4) is 0 Å². The fourth-order valence-corrected chi connectivity index (χ4v) is 3.94. The van der Waals surface area contributed by atoms with Crippen molar-refractivity contribution in [2.45, 2.75) is 70.9 Å². The normalized spacial score (nSPS) is 13.4. The summed E-state index contributed by atoms with van der Waals surface area (Å²) in [6.45, 7) is 8.35. The van der Waals surface area contributed by atoms with Crippen LogP contribution in [0.1, 0.15) is 53.9 Å². The second kappa shape index (κ2) is 12.4. The highest BCUT2D eigenvalue weighted by Gasteiger charge is 2.24. The Balaban J connectivity index is 2.50. The summed E-state index contributed by atoms with van der Waals surface area (Å²) in [7, 11) is -3.99. The van der Waals surface area contributed by atoms with Crippen LogP contribution in [0.15, 0.2) is 29.2 Å². The van der Waals surface area contributed by atoms with Gasteiger partial charge in [-0.3, -0.25) is 14.4 Å². The van der Waals surface area contributed by atoms with Crippen LogP contribution in [0.2, 0.25) is 0 Å². The van der Waals surface area contributed by atoms with E-state index in [2.05, 4.69) is 29.2 Å². The summed E-state index contributed by atoms with van der Waals surface area (Å²) in [6.07, 6.45) is 2.89. The number of carbonyl (C=O) groups is 3. The SMILES string of the molecule is CC(=O)Nc1ccc(S(=O)(=O)N[C@@H](C)C(=O)OCC(=O)NC(C)CCCC(C)C)cc1. The van der Waals surface area contributed by atoms with Crippen LogP contribution in [-0.2, 0) is 29.1 Å². The first-order valence-corrected chi connectivity index (χ1v) is 11.7. The van der Waals surface area contributed by atoms with Crippen molar-refractivity contribution in [3.63, 3.8) is 0 Å². The molecule has 2 atom stereocenters. The van der Waals surface area contributed by atoms with E-state index in [1.807, 2.05) is 6.92 Å². The minimum atomic E-state index is -3.99. The molecule has 1 aromatic rings. The Morgan fingerprint density at radius 3 is 2.16 bits per heavy atom. The molecule has 0 radical (unpaired) electrons. The van der Waals surface area contributed by atoms with Gasteiger partial charge in [0.05, 0.1) is 4.90 Å². The summed E-state index contributed by atoms with van der Waals surface area (Å²) in [5, 5.41) is 5.29. The standard InChI is InChI=1S/C21H33N3O6S/c1-14(2)7-6-8-15(3)22-20(26)13-30-21(27)16(4)24-31(28,29)19-11-9-18(10-12-19)23-17(5)25/h9-12,14-16,24H,6-8,13H2,1-5H3,(H,22,26)(H,23,25)/t15?,16-/m0/s1. The second-order valence-corrected chi connectivity index (χ2v) is 9.66. The fourth-order valence-electron chi connectivity index (χ4n) is 2.75. The number of carbonyl (C=O) groups excluding carboxylic acids is 3. The number of hydrogen-bond donors (Lipinski definition) is 3. The molecule has 0 fully saturated rings. The summed E-state index contributed by atoms with van der Waals surface area (Å²) in [5.41, 5.74) is 0.448. The summed E-state index contributed by atoms with van der Waals surface area (Å²) in [5.74, 6) is -0.974. The Labute approximate surface area is 184 Å². The van der Waals surface area contributed by atoms with Crippen molar-refractivity contribution in [3.8, 4) is 0 Å². The molecule has 1 unspecified atom stereocenters. The van der Waals surface area contributed by atoms with Gasteiger partial charge in [0, 0.05) is 18.7 Å². The van der Waals surface area contributed by atoms with E-state index < -0.39 is 34.5 Å². The van der Waals surface area contributed by atoms with E-state index in [0.29, 0.717) is 11.6 Å². The minimum Gasteiger partial charge on any atom is -0.454 e. The highest BCUT2D eigenvalue weighted by Crippen LogP contribution is 2.14. The molecule has 1 rings (SSSR count). The van der Waals surface area contributed by atoms with Gasteiger partial charge in [0.1, 0.15) is 6.04 Å². The Hall–Kier alpha value is -2.46. The van der Waals surface area contributed by atoms with Gasteiger partial charge in [-0.2, -0.15) is 4.72 Å². The summed E-state index contributed by atoms with van der Waals surface area (Å²) < 4.78 is 32.0. The third-order valence-corrected chi connectivity index (χ3v) is 5.90. The van der Waals surface area contributed by atoms with Gasteiger partial charge in [-0.1, -0.05) is 26.7 Å². The van der Waals surface area contributed by atoms with Crippen LogP contribution in [0, 0.1) is 5.92 Å². The number of ether oxygens (including phenoxy) is 1. The average molecular weight is 456 g/mol. The molecule has 0 saturated carbocycles. The molecule has 0 heterocycles. The van der Waals surface area contributed by atoms with Crippen molar-refractivity contribution in [2.24, 2.45) is 5.92 Å². The molecule has 0 aliphatic heterocycles. The first-order valence-electron chi connectivity index (χ1n) is 10.3. The van der Waals surface area contributed by atoms with Gasteiger partial charge in [0.25, 0.3) is 5.91 Å². The number of rotatable bonds is 12. The zero-order valence-electron chi connectivity index (χ0n) is 18.7. The highest BCUT2D eigenvalue weighted by atomic mass is 32.2. The van der Waals surface area contributed by atoms with Crippen molar-refractivity contribution < 1.29 is 27.5 Å². The lowest BCUT2D eigenvalue weighted by atomic mass is 10.0. The third-order valence-electron chi connectivity index (χ3n) is 4.34. The van der Waals surface area contributed by atoms with E-state index in [9.17, 15) is 22.8 Å². The van der Waals surface area contributed by atoms with Gasteiger partial charge in [-0.05, 0) is 50.5 Å². The van der Waals surface area contributed by atoms with Crippen molar-refractivity contribution in [1.82, 2.24) is 10.0 Å². The zero-order valence-corrected chi connectivity index (χ0v) is 19.5. The lowest BCUT2D eigenvalue weighted by Crippen LogP contribution is -2.41. The van der Waals surface area contributed by atoms with Crippen LogP contribution in [0.4, 0.5) is 5.69 Å². The highest BCUT2D eigenvalue weighted by molar-refractivity contribution is 7.89. The monoisotopic (exact) mass is 455 g/mol. The van der Waals surface area contributed by atoms with Gasteiger partial charge >= 0.3 is 5.97 Å². The number of anilines is 1. The molecule has 0 aromatic heterocycles.